The summed E-state index contributed by atoms with van der Waals surface area (Å²) in [5.74, 6) is 1.36. The first-order chi connectivity index (χ1) is 12.1. The number of aromatic nitrogens is 2. The van der Waals surface area contributed by atoms with Crippen LogP contribution in [0.15, 0.2) is 36.7 Å². The SMILES string of the molecule is CC(C)Cn1ccnc1CNC(=O)N1CCc2ccccc2C1CO. The third kappa shape index (κ3) is 3.85. The first-order valence-electron chi connectivity index (χ1n) is 8.83. The molecule has 25 heavy (non-hydrogen) atoms. The van der Waals surface area contributed by atoms with Gasteiger partial charge in [-0.15, -0.1) is 0 Å². The fourth-order valence-corrected chi connectivity index (χ4v) is 3.41. The molecule has 1 aliphatic rings. The van der Waals surface area contributed by atoms with Crippen molar-refractivity contribution in [3.05, 3.63) is 53.6 Å². The lowest BCUT2D eigenvalue weighted by Crippen LogP contribution is -2.46. The summed E-state index contributed by atoms with van der Waals surface area (Å²) in [6.07, 6.45) is 4.51. The summed E-state index contributed by atoms with van der Waals surface area (Å²) in [4.78, 5) is 18.7. The van der Waals surface area contributed by atoms with Gasteiger partial charge in [-0.25, -0.2) is 9.78 Å². The van der Waals surface area contributed by atoms with Gasteiger partial charge in [-0.1, -0.05) is 38.1 Å². The summed E-state index contributed by atoms with van der Waals surface area (Å²) >= 11 is 0. The molecule has 134 valence electrons. The van der Waals surface area contributed by atoms with Crippen molar-refractivity contribution in [3.63, 3.8) is 0 Å². The van der Waals surface area contributed by atoms with E-state index in [-0.39, 0.29) is 18.7 Å². The Hall–Kier alpha value is -2.34. The lowest BCUT2D eigenvalue weighted by atomic mass is 9.93. The van der Waals surface area contributed by atoms with Crippen LogP contribution in [0.1, 0.15) is 36.8 Å². The molecule has 6 heteroatoms. The third-order valence-electron chi connectivity index (χ3n) is 4.61. The minimum atomic E-state index is -0.291. The Labute approximate surface area is 148 Å². The molecule has 0 bridgehead atoms. The average molecular weight is 342 g/mol. The first kappa shape index (κ1) is 17.5. The van der Waals surface area contributed by atoms with Gasteiger partial charge in [0, 0.05) is 25.5 Å². The van der Waals surface area contributed by atoms with Crippen molar-refractivity contribution in [1.82, 2.24) is 19.8 Å². The highest BCUT2D eigenvalue weighted by Gasteiger charge is 2.30. The Kier molecular flexibility index (Phi) is 5.38. The highest BCUT2D eigenvalue weighted by molar-refractivity contribution is 5.75. The number of nitrogens with zero attached hydrogens (tertiary/aromatic N) is 3. The fraction of sp³-hybridized carbons (Fsp3) is 0.474. The molecular formula is C19H26N4O2. The number of urea groups is 1. The normalized spacial score (nSPS) is 16.8. The predicted octanol–water partition coefficient (Wildman–Crippen LogP) is 2.34. The Bertz CT molecular complexity index is 726. The van der Waals surface area contributed by atoms with Crippen LogP contribution < -0.4 is 5.32 Å². The maximum atomic E-state index is 12.7. The van der Waals surface area contributed by atoms with Crippen molar-refractivity contribution in [3.8, 4) is 0 Å². The largest absolute Gasteiger partial charge is 0.394 e. The lowest BCUT2D eigenvalue weighted by molar-refractivity contribution is 0.126. The van der Waals surface area contributed by atoms with Crippen LogP contribution in [0.4, 0.5) is 4.79 Å². The molecule has 2 aromatic rings. The summed E-state index contributed by atoms with van der Waals surface area (Å²) in [5.41, 5.74) is 2.24. The first-order valence-corrected chi connectivity index (χ1v) is 8.83. The number of hydrogen-bond donors (Lipinski definition) is 2. The quantitative estimate of drug-likeness (QED) is 0.876. The molecule has 1 aromatic heterocycles. The van der Waals surface area contributed by atoms with Crippen LogP contribution in [0.2, 0.25) is 0 Å². The topological polar surface area (TPSA) is 70.4 Å². The van der Waals surface area contributed by atoms with Crippen LogP contribution in [0.5, 0.6) is 0 Å². The van der Waals surface area contributed by atoms with Crippen molar-refractivity contribution in [2.24, 2.45) is 5.92 Å². The maximum absolute atomic E-state index is 12.7. The summed E-state index contributed by atoms with van der Waals surface area (Å²) in [6, 6.07) is 7.55. The van der Waals surface area contributed by atoms with E-state index in [0.29, 0.717) is 19.0 Å². The molecule has 1 unspecified atom stereocenters. The van der Waals surface area contributed by atoms with Gasteiger partial charge < -0.3 is 19.9 Å². The molecule has 2 N–H and O–H groups in total. The van der Waals surface area contributed by atoms with Gasteiger partial charge in [-0.3, -0.25) is 0 Å². The maximum Gasteiger partial charge on any atom is 0.318 e. The van der Waals surface area contributed by atoms with E-state index in [2.05, 4.69) is 34.8 Å². The Morgan fingerprint density at radius 1 is 1.40 bits per heavy atom. The monoisotopic (exact) mass is 342 g/mol. The number of amides is 2. The molecule has 0 aliphatic carbocycles. The highest BCUT2D eigenvalue weighted by Crippen LogP contribution is 2.29. The zero-order valence-corrected chi connectivity index (χ0v) is 14.9. The Balaban J connectivity index is 1.67. The number of carbonyl (C=O) groups excluding carboxylic acids is 1. The molecule has 2 heterocycles. The molecule has 0 saturated carbocycles. The number of fused-ring (bicyclic) bond motifs is 1. The molecular weight excluding hydrogens is 316 g/mol. The smallest absolute Gasteiger partial charge is 0.318 e. The second-order valence-corrected chi connectivity index (χ2v) is 6.89. The van der Waals surface area contributed by atoms with Gasteiger partial charge >= 0.3 is 6.03 Å². The third-order valence-corrected chi connectivity index (χ3v) is 4.61. The van der Waals surface area contributed by atoms with Crippen molar-refractivity contribution >= 4 is 6.03 Å². The van der Waals surface area contributed by atoms with Crippen molar-refractivity contribution in [2.45, 2.75) is 39.4 Å². The van der Waals surface area contributed by atoms with E-state index >= 15 is 0 Å². The summed E-state index contributed by atoms with van der Waals surface area (Å²) in [7, 11) is 0. The van der Waals surface area contributed by atoms with E-state index in [1.165, 1.54) is 5.56 Å². The molecule has 0 saturated heterocycles. The summed E-state index contributed by atoms with van der Waals surface area (Å²) in [6.45, 7) is 6.09. The molecule has 0 radical (unpaired) electrons. The van der Waals surface area contributed by atoms with Gasteiger partial charge in [-0.05, 0) is 23.5 Å². The number of carbonyl (C=O) groups is 1. The molecule has 3 rings (SSSR count). The zero-order chi connectivity index (χ0) is 17.8. The van der Waals surface area contributed by atoms with Crippen LogP contribution in [0.25, 0.3) is 0 Å². The van der Waals surface area contributed by atoms with E-state index in [4.69, 9.17) is 0 Å². The van der Waals surface area contributed by atoms with E-state index in [0.717, 1.165) is 24.4 Å². The minimum Gasteiger partial charge on any atom is -0.394 e. The van der Waals surface area contributed by atoms with Crippen LogP contribution in [-0.4, -0.2) is 38.7 Å². The number of nitrogens with one attached hydrogen (secondary N) is 1. The van der Waals surface area contributed by atoms with Gasteiger partial charge in [0.15, 0.2) is 0 Å². The van der Waals surface area contributed by atoms with E-state index in [1.54, 1.807) is 11.1 Å². The van der Waals surface area contributed by atoms with Crippen LogP contribution in [0.3, 0.4) is 0 Å². The molecule has 1 aromatic carbocycles. The van der Waals surface area contributed by atoms with Gasteiger partial charge in [0.2, 0.25) is 0 Å². The predicted molar refractivity (Wildman–Crippen MR) is 96.0 cm³/mol. The number of aliphatic hydroxyl groups excluding tert-OH is 1. The van der Waals surface area contributed by atoms with E-state index in [1.807, 2.05) is 24.4 Å². The number of rotatable bonds is 5. The van der Waals surface area contributed by atoms with Gasteiger partial charge in [0.1, 0.15) is 5.82 Å². The Morgan fingerprint density at radius 3 is 2.96 bits per heavy atom. The average Bonchev–Trinajstić information content (AvgIpc) is 3.04. The molecule has 6 nitrogen and oxygen atoms in total. The highest BCUT2D eigenvalue weighted by atomic mass is 16.3. The van der Waals surface area contributed by atoms with E-state index < -0.39 is 0 Å². The minimum absolute atomic E-state index is 0.0770. The van der Waals surface area contributed by atoms with Crippen LogP contribution in [-0.2, 0) is 19.5 Å². The van der Waals surface area contributed by atoms with Crippen molar-refractivity contribution in [2.75, 3.05) is 13.2 Å². The van der Waals surface area contributed by atoms with Gasteiger partial charge in [0.25, 0.3) is 0 Å². The number of aliphatic hydroxyl groups is 1. The summed E-state index contributed by atoms with van der Waals surface area (Å²) in [5, 5.41) is 12.8. The second-order valence-electron chi connectivity index (χ2n) is 6.89. The number of imidazole rings is 1. The van der Waals surface area contributed by atoms with Crippen LogP contribution in [0, 0.1) is 5.92 Å². The second kappa shape index (κ2) is 7.70. The van der Waals surface area contributed by atoms with Crippen molar-refractivity contribution in [1.29, 1.82) is 0 Å². The summed E-state index contributed by atoms with van der Waals surface area (Å²) < 4.78 is 2.07. The van der Waals surface area contributed by atoms with Crippen LogP contribution >= 0.6 is 0 Å². The van der Waals surface area contributed by atoms with E-state index in [9.17, 15) is 9.90 Å². The molecule has 1 aliphatic heterocycles. The number of hydrogen-bond acceptors (Lipinski definition) is 3. The van der Waals surface area contributed by atoms with Gasteiger partial charge in [0.05, 0.1) is 19.2 Å². The molecule has 2 amide bonds. The number of benzene rings is 1. The van der Waals surface area contributed by atoms with Gasteiger partial charge in [-0.2, -0.15) is 0 Å². The molecule has 1 atom stereocenters. The Morgan fingerprint density at radius 2 is 2.20 bits per heavy atom. The van der Waals surface area contributed by atoms with Crippen molar-refractivity contribution < 1.29 is 9.90 Å². The fourth-order valence-electron chi connectivity index (χ4n) is 3.41. The zero-order valence-electron chi connectivity index (χ0n) is 14.9. The molecule has 0 fully saturated rings. The standard InChI is InChI=1S/C19H26N4O2/c1-14(2)12-22-10-8-20-18(22)11-21-19(25)23-9-7-15-5-3-4-6-16(15)17(23)13-24/h3-6,8,10,14,17,24H,7,9,11-13H2,1-2H3,(H,21,25). The molecule has 0 spiro atoms. The lowest BCUT2D eigenvalue weighted by Gasteiger charge is -2.36.